The predicted molar refractivity (Wildman–Crippen MR) is 121 cm³/mol. The molecule has 0 unspecified atom stereocenters. The van der Waals surface area contributed by atoms with Crippen molar-refractivity contribution in [1.82, 2.24) is 24.9 Å². The van der Waals surface area contributed by atoms with Gasteiger partial charge < -0.3 is 15.5 Å². The molecule has 4 aromatic rings. The lowest BCUT2D eigenvalue weighted by Gasteiger charge is -2.29. The average Bonchev–Trinajstić information content (AvgIpc) is 3.19. The summed E-state index contributed by atoms with van der Waals surface area (Å²) >= 11 is 6.02. The maximum atomic E-state index is 9.60. The highest BCUT2D eigenvalue weighted by Crippen LogP contribution is 2.28. The molecule has 0 amide bonds. The molecule has 1 fully saturated rings. The van der Waals surface area contributed by atoms with Gasteiger partial charge in [0, 0.05) is 36.8 Å². The third-order valence-corrected chi connectivity index (χ3v) is 5.48. The molecular weight excluding hydrogens is 412 g/mol. The van der Waals surface area contributed by atoms with Crippen molar-refractivity contribution in [1.29, 1.82) is 5.26 Å². The molecule has 1 aliphatic rings. The molecule has 0 aliphatic carbocycles. The number of benzene rings is 1. The molecule has 31 heavy (non-hydrogen) atoms. The first-order valence-corrected chi connectivity index (χ1v) is 10.3. The Morgan fingerprint density at radius 2 is 1.84 bits per heavy atom. The van der Waals surface area contributed by atoms with E-state index in [1.54, 1.807) is 28.9 Å². The smallest absolute Gasteiger partial charge is 0.246 e. The number of anilines is 3. The first-order chi connectivity index (χ1) is 15.2. The number of fused-ring (bicyclic) bond motifs is 1. The Balaban J connectivity index is 1.45. The molecule has 4 heterocycles. The van der Waals surface area contributed by atoms with Crippen LogP contribution in [0.25, 0.3) is 16.8 Å². The van der Waals surface area contributed by atoms with Gasteiger partial charge in [0.15, 0.2) is 0 Å². The van der Waals surface area contributed by atoms with Crippen LogP contribution in [0.3, 0.4) is 0 Å². The lowest BCUT2D eigenvalue weighted by atomic mass is 10.1. The van der Waals surface area contributed by atoms with Crippen molar-refractivity contribution < 1.29 is 0 Å². The van der Waals surface area contributed by atoms with Gasteiger partial charge in [-0.05, 0) is 30.3 Å². The monoisotopic (exact) mass is 430 g/mol. The molecule has 154 valence electrons. The highest BCUT2D eigenvalue weighted by molar-refractivity contribution is 6.30. The SMILES string of the molecule is N#Cc1cc2cnc(Nc3ccc(N4CCNCC4)cn3)nn2c1-c1ccc(Cl)cc1. The molecule has 9 heteroatoms. The van der Waals surface area contributed by atoms with Crippen molar-refractivity contribution in [2.75, 3.05) is 36.4 Å². The summed E-state index contributed by atoms with van der Waals surface area (Å²) in [4.78, 5) is 11.2. The number of piperazine rings is 1. The highest BCUT2D eigenvalue weighted by Gasteiger charge is 2.15. The predicted octanol–water partition coefficient (Wildman–Crippen LogP) is 3.47. The second-order valence-electron chi connectivity index (χ2n) is 7.21. The van der Waals surface area contributed by atoms with Crippen LogP contribution in [0.15, 0.2) is 54.9 Å². The van der Waals surface area contributed by atoms with Gasteiger partial charge in [0.05, 0.1) is 34.9 Å². The quantitative estimate of drug-likeness (QED) is 0.512. The van der Waals surface area contributed by atoms with Crippen LogP contribution < -0.4 is 15.5 Å². The third-order valence-electron chi connectivity index (χ3n) is 5.23. The van der Waals surface area contributed by atoms with Gasteiger partial charge in [0.2, 0.25) is 5.95 Å². The van der Waals surface area contributed by atoms with Crippen molar-refractivity contribution in [2.24, 2.45) is 0 Å². The molecular formula is C22H19ClN8. The summed E-state index contributed by atoms with van der Waals surface area (Å²) in [5, 5.41) is 21.3. The fraction of sp³-hybridized carbons (Fsp3) is 0.182. The summed E-state index contributed by atoms with van der Waals surface area (Å²) in [7, 11) is 0. The molecule has 2 N–H and O–H groups in total. The number of halogens is 1. The zero-order valence-electron chi connectivity index (χ0n) is 16.6. The van der Waals surface area contributed by atoms with Crippen LogP contribution in [0.1, 0.15) is 5.56 Å². The molecule has 0 bridgehead atoms. The van der Waals surface area contributed by atoms with Crippen LogP contribution in [0.2, 0.25) is 5.02 Å². The minimum atomic E-state index is 0.394. The van der Waals surface area contributed by atoms with Gasteiger partial charge in [-0.3, -0.25) is 0 Å². The summed E-state index contributed by atoms with van der Waals surface area (Å²) < 4.78 is 1.71. The molecule has 5 rings (SSSR count). The Morgan fingerprint density at radius 1 is 1.03 bits per heavy atom. The third kappa shape index (κ3) is 3.89. The molecule has 1 aromatic carbocycles. The van der Waals surface area contributed by atoms with Crippen LogP contribution in [-0.4, -0.2) is 45.8 Å². The number of hydrogen-bond donors (Lipinski definition) is 2. The minimum absolute atomic E-state index is 0.394. The first kappa shape index (κ1) is 19.3. The lowest BCUT2D eigenvalue weighted by Crippen LogP contribution is -2.43. The molecule has 0 radical (unpaired) electrons. The second kappa shape index (κ2) is 8.22. The van der Waals surface area contributed by atoms with Gasteiger partial charge >= 0.3 is 0 Å². The van der Waals surface area contributed by atoms with Crippen LogP contribution in [0.5, 0.6) is 0 Å². The maximum absolute atomic E-state index is 9.60. The van der Waals surface area contributed by atoms with E-state index in [1.807, 2.05) is 30.5 Å². The Labute approximate surface area is 184 Å². The van der Waals surface area contributed by atoms with E-state index in [1.165, 1.54) is 0 Å². The molecule has 0 spiro atoms. The Kier molecular flexibility index (Phi) is 5.12. The van der Waals surface area contributed by atoms with Crippen LogP contribution in [0.4, 0.5) is 17.5 Å². The standard InChI is InChI=1S/C22H19ClN8/c23-17-3-1-15(2-4-17)21-16(12-24)11-19-14-27-22(29-31(19)21)28-20-6-5-18(13-26-20)30-9-7-25-8-10-30/h1-6,11,13-14,25H,7-10H2,(H,26,28,29). The normalized spacial score (nSPS) is 13.9. The Bertz CT molecular complexity index is 1250. The summed E-state index contributed by atoms with van der Waals surface area (Å²) in [6, 6.07) is 15.3. The molecule has 1 saturated heterocycles. The largest absolute Gasteiger partial charge is 0.368 e. The van der Waals surface area contributed by atoms with Crippen LogP contribution >= 0.6 is 11.6 Å². The summed E-state index contributed by atoms with van der Waals surface area (Å²) in [6.45, 7) is 3.89. The number of nitrogens with one attached hydrogen (secondary N) is 2. The molecule has 8 nitrogen and oxygen atoms in total. The number of pyridine rings is 1. The number of nitriles is 1. The first-order valence-electron chi connectivity index (χ1n) is 9.95. The van der Waals surface area contributed by atoms with Crippen molar-refractivity contribution in [3.63, 3.8) is 0 Å². The van der Waals surface area contributed by atoms with E-state index in [-0.39, 0.29) is 0 Å². The van der Waals surface area contributed by atoms with Gasteiger partial charge in [0.25, 0.3) is 0 Å². The Morgan fingerprint density at radius 3 is 2.55 bits per heavy atom. The maximum Gasteiger partial charge on any atom is 0.246 e. The van der Waals surface area contributed by atoms with Crippen LogP contribution in [0, 0.1) is 11.3 Å². The van der Waals surface area contributed by atoms with E-state index < -0.39 is 0 Å². The number of hydrogen-bond acceptors (Lipinski definition) is 7. The van der Waals surface area contributed by atoms with Gasteiger partial charge in [-0.15, -0.1) is 5.10 Å². The van der Waals surface area contributed by atoms with E-state index in [9.17, 15) is 5.26 Å². The summed E-state index contributed by atoms with van der Waals surface area (Å²) in [5.74, 6) is 1.05. The molecule has 0 saturated carbocycles. The Hall–Kier alpha value is -3.67. The second-order valence-corrected chi connectivity index (χ2v) is 7.64. The van der Waals surface area contributed by atoms with Crippen LogP contribution in [-0.2, 0) is 0 Å². The van der Waals surface area contributed by atoms with Gasteiger partial charge in [0.1, 0.15) is 11.9 Å². The number of aromatic nitrogens is 4. The fourth-order valence-corrected chi connectivity index (χ4v) is 3.81. The van der Waals surface area contributed by atoms with Gasteiger partial charge in [-0.2, -0.15) is 5.26 Å². The number of nitrogens with zero attached hydrogens (tertiary/aromatic N) is 6. The highest BCUT2D eigenvalue weighted by atomic mass is 35.5. The topological polar surface area (TPSA) is 94.2 Å². The zero-order chi connectivity index (χ0) is 21.2. The average molecular weight is 431 g/mol. The van der Waals surface area contributed by atoms with Gasteiger partial charge in [-0.1, -0.05) is 23.7 Å². The minimum Gasteiger partial charge on any atom is -0.368 e. The summed E-state index contributed by atoms with van der Waals surface area (Å²) in [5.41, 5.74) is 3.89. The van der Waals surface area contributed by atoms with Crippen molar-refractivity contribution >= 4 is 34.6 Å². The zero-order valence-corrected chi connectivity index (χ0v) is 17.3. The van der Waals surface area contributed by atoms with Gasteiger partial charge in [-0.25, -0.2) is 14.5 Å². The van der Waals surface area contributed by atoms with Crippen molar-refractivity contribution in [3.05, 3.63) is 65.4 Å². The van der Waals surface area contributed by atoms with E-state index in [0.29, 0.717) is 28.0 Å². The fourth-order valence-electron chi connectivity index (χ4n) is 3.68. The van der Waals surface area contributed by atoms with Crippen molar-refractivity contribution in [3.8, 4) is 17.3 Å². The number of rotatable bonds is 4. The molecule has 1 aliphatic heterocycles. The van der Waals surface area contributed by atoms with E-state index in [0.717, 1.165) is 42.9 Å². The van der Waals surface area contributed by atoms with E-state index in [2.05, 4.69) is 36.7 Å². The lowest BCUT2D eigenvalue weighted by molar-refractivity contribution is 0.589. The van der Waals surface area contributed by atoms with Crippen molar-refractivity contribution in [2.45, 2.75) is 0 Å². The summed E-state index contributed by atoms with van der Waals surface area (Å²) in [6.07, 6.45) is 3.54. The molecule has 3 aromatic heterocycles. The van der Waals surface area contributed by atoms with E-state index >= 15 is 0 Å². The molecule has 0 atom stereocenters. The van der Waals surface area contributed by atoms with E-state index in [4.69, 9.17) is 11.6 Å².